The van der Waals surface area contributed by atoms with Crippen LogP contribution in [0.25, 0.3) is 0 Å². The molecule has 0 amide bonds. The van der Waals surface area contributed by atoms with Crippen molar-refractivity contribution < 1.29 is 4.39 Å². The lowest BCUT2D eigenvalue weighted by atomic mass is 9.71. The molecule has 0 aliphatic heterocycles. The summed E-state index contributed by atoms with van der Waals surface area (Å²) in [5.74, 6) is 1.28. The predicted octanol–water partition coefficient (Wildman–Crippen LogP) is 2.76. The Balaban J connectivity index is 2.02. The number of hydrogen-bond donors (Lipinski definition) is 1. The van der Waals surface area contributed by atoms with Crippen molar-refractivity contribution in [2.75, 3.05) is 13.1 Å². The summed E-state index contributed by atoms with van der Waals surface area (Å²) >= 11 is 0. The first kappa shape index (κ1) is 11.0. The molecule has 0 unspecified atom stereocenters. The van der Waals surface area contributed by atoms with Crippen molar-refractivity contribution in [3.63, 3.8) is 0 Å². The monoisotopic (exact) mass is 187 g/mol. The van der Waals surface area contributed by atoms with E-state index in [4.69, 9.17) is 0 Å². The molecular formula is C11H22FN. The Bertz CT molecular complexity index is 150. The average molecular weight is 187 g/mol. The zero-order chi connectivity index (χ0) is 9.90. The predicted molar refractivity (Wildman–Crippen MR) is 54.6 cm³/mol. The first-order chi connectivity index (χ1) is 6.06. The van der Waals surface area contributed by atoms with Crippen LogP contribution in [0.4, 0.5) is 4.39 Å². The van der Waals surface area contributed by atoms with Crippen LogP contribution in [-0.4, -0.2) is 18.8 Å². The maximum Gasteiger partial charge on any atom is 0.111 e. The van der Waals surface area contributed by atoms with Gasteiger partial charge in [0, 0.05) is 0 Å². The van der Waals surface area contributed by atoms with Gasteiger partial charge in [-0.15, -0.1) is 0 Å². The van der Waals surface area contributed by atoms with Gasteiger partial charge in [0.15, 0.2) is 0 Å². The Morgan fingerprint density at radius 3 is 2.54 bits per heavy atom. The third-order valence-electron chi connectivity index (χ3n) is 2.93. The highest BCUT2D eigenvalue weighted by Crippen LogP contribution is 2.43. The van der Waals surface area contributed by atoms with Crippen LogP contribution in [-0.2, 0) is 0 Å². The lowest BCUT2D eigenvalue weighted by Crippen LogP contribution is -2.44. The number of halogens is 1. The van der Waals surface area contributed by atoms with E-state index >= 15 is 0 Å². The average Bonchev–Trinajstić information content (AvgIpc) is 2.00. The normalized spacial score (nSPS) is 33.5. The van der Waals surface area contributed by atoms with E-state index in [0.717, 1.165) is 25.9 Å². The summed E-state index contributed by atoms with van der Waals surface area (Å²) in [4.78, 5) is 0. The van der Waals surface area contributed by atoms with Crippen molar-refractivity contribution in [3.8, 4) is 0 Å². The van der Waals surface area contributed by atoms with Crippen LogP contribution in [0, 0.1) is 11.8 Å². The Morgan fingerprint density at radius 1 is 1.46 bits per heavy atom. The maximum atomic E-state index is 13.4. The Hall–Kier alpha value is -0.110. The van der Waals surface area contributed by atoms with Crippen molar-refractivity contribution in [2.45, 2.75) is 45.7 Å². The summed E-state index contributed by atoms with van der Waals surface area (Å²) in [7, 11) is 0. The second-order valence-corrected chi connectivity index (χ2v) is 4.83. The Morgan fingerprint density at radius 2 is 2.08 bits per heavy atom. The zero-order valence-corrected chi connectivity index (χ0v) is 9.07. The molecule has 1 rings (SSSR count). The van der Waals surface area contributed by atoms with E-state index < -0.39 is 5.67 Å². The topological polar surface area (TPSA) is 12.0 Å². The van der Waals surface area contributed by atoms with E-state index in [9.17, 15) is 4.39 Å². The number of nitrogens with one attached hydrogen (secondary N) is 1. The molecule has 0 atom stereocenters. The summed E-state index contributed by atoms with van der Waals surface area (Å²) in [5, 5.41) is 3.38. The maximum absolute atomic E-state index is 13.4. The minimum Gasteiger partial charge on any atom is -0.316 e. The van der Waals surface area contributed by atoms with E-state index in [1.165, 1.54) is 0 Å². The largest absolute Gasteiger partial charge is 0.316 e. The first-order valence-electron chi connectivity index (χ1n) is 5.45. The summed E-state index contributed by atoms with van der Waals surface area (Å²) in [6.07, 6.45) is 2.23. The minimum absolute atomic E-state index is 0.587. The lowest BCUT2D eigenvalue weighted by Gasteiger charge is -2.41. The van der Waals surface area contributed by atoms with Crippen molar-refractivity contribution in [2.24, 2.45) is 11.8 Å². The third kappa shape index (κ3) is 3.26. The second kappa shape index (κ2) is 4.41. The first-order valence-corrected chi connectivity index (χ1v) is 5.45. The standard InChI is InChI=1S/C11H22FN/c1-4-11(12)5-10(6-11)8-13-7-9(2)3/h9-10,13H,4-8H2,1-3H3. The van der Waals surface area contributed by atoms with Crippen LogP contribution in [0.2, 0.25) is 0 Å². The van der Waals surface area contributed by atoms with Crippen LogP contribution in [0.15, 0.2) is 0 Å². The SMILES string of the molecule is CCC1(F)CC(CNCC(C)C)C1. The van der Waals surface area contributed by atoms with E-state index in [1.807, 2.05) is 6.92 Å². The zero-order valence-electron chi connectivity index (χ0n) is 9.07. The van der Waals surface area contributed by atoms with Gasteiger partial charge in [-0.2, -0.15) is 0 Å². The third-order valence-corrected chi connectivity index (χ3v) is 2.93. The van der Waals surface area contributed by atoms with E-state index in [-0.39, 0.29) is 0 Å². The molecule has 2 heteroatoms. The van der Waals surface area contributed by atoms with Gasteiger partial charge in [-0.25, -0.2) is 4.39 Å². The lowest BCUT2D eigenvalue weighted by molar-refractivity contribution is 0.00419. The van der Waals surface area contributed by atoms with Gasteiger partial charge in [-0.3, -0.25) is 0 Å². The molecule has 0 aromatic carbocycles. The van der Waals surface area contributed by atoms with Gasteiger partial charge in [0.05, 0.1) is 0 Å². The quantitative estimate of drug-likeness (QED) is 0.698. The molecule has 0 aromatic heterocycles. The van der Waals surface area contributed by atoms with E-state index in [1.54, 1.807) is 0 Å². The fourth-order valence-electron chi connectivity index (χ4n) is 1.98. The fraction of sp³-hybridized carbons (Fsp3) is 1.00. The molecule has 1 aliphatic carbocycles. The molecule has 1 N–H and O–H groups in total. The molecule has 0 spiro atoms. The second-order valence-electron chi connectivity index (χ2n) is 4.83. The highest BCUT2D eigenvalue weighted by Gasteiger charge is 2.42. The molecule has 1 saturated carbocycles. The van der Waals surface area contributed by atoms with Crippen LogP contribution in [0.1, 0.15) is 40.0 Å². The molecule has 0 radical (unpaired) electrons. The molecule has 1 aliphatic rings. The molecular weight excluding hydrogens is 165 g/mol. The van der Waals surface area contributed by atoms with Gasteiger partial charge in [-0.05, 0) is 44.2 Å². The molecule has 0 heterocycles. The van der Waals surface area contributed by atoms with Gasteiger partial charge < -0.3 is 5.32 Å². The van der Waals surface area contributed by atoms with Gasteiger partial charge in [0.2, 0.25) is 0 Å². The highest BCUT2D eigenvalue weighted by molar-refractivity contribution is 4.94. The van der Waals surface area contributed by atoms with Crippen molar-refractivity contribution in [1.82, 2.24) is 5.32 Å². The summed E-state index contributed by atoms with van der Waals surface area (Å²) < 4.78 is 13.4. The van der Waals surface area contributed by atoms with Crippen LogP contribution in [0.3, 0.4) is 0 Å². The number of hydrogen-bond acceptors (Lipinski definition) is 1. The molecule has 0 saturated heterocycles. The van der Waals surface area contributed by atoms with Crippen molar-refractivity contribution in [3.05, 3.63) is 0 Å². The smallest absolute Gasteiger partial charge is 0.111 e. The molecule has 0 bridgehead atoms. The molecule has 0 aromatic rings. The van der Waals surface area contributed by atoms with E-state index in [0.29, 0.717) is 18.3 Å². The van der Waals surface area contributed by atoms with Crippen LogP contribution in [0.5, 0.6) is 0 Å². The Kier molecular flexibility index (Phi) is 3.72. The van der Waals surface area contributed by atoms with Gasteiger partial charge in [-0.1, -0.05) is 20.8 Å². The Labute approximate surface area is 81.1 Å². The highest BCUT2D eigenvalue weighted by atomic mass is 19.1. The number of alkyl halides is 1. The summed E-state index contributed by atoms with van der Waals surface area (Å²) in [5.41, 5.74) is -0.815. The van der Waals surface area contributed by atoms with Gasteiger partial charge >= 0.3 is 0 Å². The van der Waals surface area contributed by atoms with Crippen molar-refractivity contribution in [1.29, 1.82) is 0 Å². The number of rotatable bonds is 5. The van der Waals surface area contributed by atoms with Crippen molar-refractivity contribution >= 4 is 0 Å². The van der Waals surface area contributed by atoms with E-state index in [2.05, 4.69) is 19.2 Å². The fourth-order valence-corrected chi connectivity index (χ4v) is 1.98. The molecule has 78 valence electrons. The van der Waals surface area contributed by atoms with Crippen LogP contribution < -0.4 is 5.32 Å². The van der Waals surface area contributed by atoms with Crippen LogP contribution >= 0.6 is 0 Å². The molecule has 13 heavy (non-hydrogen) atoms. The van der Waals surface area contributed by atoms with Gasteiger partial charge in [0.1, 0.15) is 5.67 Å². The summed E-state index contributed by atoms with van der Waals surface area (Å²) in [6.45, 7) is 8.39. The van der Waals surface area contributed by atoms with Gasteiger partial charge in [0.25, 0.3) is 0 Å². The minimum atomic E-state index is -0.815. The summed E-state index contributed by atoms with van der Waals surface area (Å²) in [6, 6.07) is 0. The molecule has 1 nitrogen and oxygen atoms in total. The molecule has 1 fully saturated rings.